The van der Waals surface area contributed by atoms with Crippen LogP contribution in [-0.4, -0.2) is 41.2 Å². The highest BCUT2D eigenvalue weighted by Crippen LogP contribution is 2.29. The van der Waals surface area contributed by atoms with Gasteiger partial charge >= 0.3 is 12.0 Å². The molecule has 0 aromatic heterocycles. The standard InChI is InChI=1S/C15H18N2O3S/c18-14(19)11-1-2-13-10(9-11)3-6-17(13)15(20)16-12-4-7-21-8-5-12/h1-2,9,12H,3-8H2,(H,16,20)(H,18,19). The van der Waals surface area contributed by atoms with Gasteiger partial charge in [0, 0.05) is 18.3 Å². The molecule has 21 heavy (non-hydrogen) atoms. The van der Waals surface area contributed by atoms with Crippen molar-refractivity contribution >= 4 is 29.4 Å². The normalized spacial score (nSPS) is 18.4. The first-order chi connectivity index (χ1) is 10.1. The molecule has 1 saturated heterocycles. The van der Waals surface area contributed by atoms with Crippen molar-refractivity contribution in [3.8, 4) is 0 Å². The Hall–Kier alpha value is -1.69. The number of rotatable bonds is 2. The Balaban J connectivity index is 1.71. The van der Waals surface area contributed by atoms with Gasteiger partial charge < -0.3 is 10.4 Å². The van der Waals surface area contributed by atoms with E-state index in [1.54, 1.807) is 23.1 Å². The summed E-state index contributed by atoms with van der Waals surface area (Å²) in [5.74, 6) is 1.27. The minimum atomic E-state index is -0.930. The SMILES string of the molecule is O=C(O)c1ccc2c(c1)CCN2C(=O)NC1CCSCC1. The molecule has 0 unspecified atom stereocenters. The summed E-state index contributed by atoms with van der Waals surface area (Å²) in [6, 6.07) is 5.17. The fraction of sp³-hybridized carbons (Fsp3) is 0.467. The van der Waals surface area contributed by atoms with E-state index < -0.39 is 5.97 Å². The summed E-state index contributed by atoms with van der Waals surface area (Å²) in [6.45, 7) is 0.617. The zero-order valence-electron chi connectivity index (χ0n) is 11.7. The molecule has 1 fully saturated rings. The quantitative estimate of drug-likeness (QED) is 0.880. The van der Waals surface area contributed by atoms with Gasteiger partial charge in [-0.1, -0.05) is 0 Å². The first-order valence-corrected chi connectivity index (χ1v) is 8.32. The van der Waals surface area contributed by atoms with Crippen LogP contribution >= 0.6 is 11.8 Å². The molecule has 0 aliphatic carbocycles. The molecular formula is C15H18N2O3S. The minimum absolute atomic E-state index is 0.0614. The van der Waals surface area contributed by atoms with E-state index in [1.165, 1.54) is 0 Å². The maximum absolute atomic E-state index is 12.4. The van der Waals surface area contributed by atoms with Crippen LogP contribution in [0.1, 0.15) is 28.8 Å². The Morgan fingerprint density at radius 3 is 2.76 bits per heavy atom. The van der Waals surface area contributed by atoms with Crippen LogP contribution in [0.4, 0.5) is 10.5 Å². The summed E-state index contributed by atoms with van der Waals surface area (Å²) >= 11 is 1.93. The Bertz CT molecular complexity index is 570. The van der Waals surface area contributed by atoms with Crippen LogP contribution in [-0.2, 0) is 6.42 Å². The molecule has 1 aromatic carbocycles. The molecule has 0 radical (unpaired) electrons. The highest BCUT2D eigenvalue weighted by Gasteiger charge is 2.27. The number of urea groups is 1. The summed E-state index contributed by atoms with van der Waals surface area (Å²) in [5.41, 5.74) is 2.05. The van der Waals surface area contributed by atoms with Gasteiger partial charge in [0.25, 0.3) is 0 Å². The van der Waals surface area contributed by atoms with Crippen LogP contribution in [0.15, 0.2) is 18.2 Å². The van der Waals surface area contributed by atoms with Crippen LogP contribution in [0.3, 0.4) is 0 Å². The largest absolute Gasteiger partial charge is 0.478 e. The molecule has 2 aliphatic heterocycles. The number of carboxylic acids is 1. The summed E-state index contributed by atoms with van der Waals surface area (Å²) in [7, 11) is 0. The lowest BCUT2D eigenvalue weighted by molar-refractivity contribution is 0.0697. The minimum Gasteiger partial charge on any atom is -0.478 e. The second-order valence-corrected chi connectivity index (χ2v) is 6.61. The van der Waals surface area contributed by atoms with E-state index >= 15 is 0 Å². The lowest BCUT2D eigenvalue weighted by Gasteiger charge is -2.26. The van der Waals surface area contributed by atoms with Gasteiger partial charge in [0.15, 0.2) is 0 Å². The Morgan fingerprint density at radius 1 is 1.29 bits per heavy atom. The van der Waals surface area contributed by atoms with Crippen LogP contribution in [0.25, 0.3) is 0 Å². The number of fused-ring (bicyclic) bond motifs is 1. The lowest BCUT2D eigenvalue weighted by atomic mass is 10.1. The number of carbonyl (C=O) groups is 2. The van der Waals surface area contributed by atoms with Gasteiger partial charge in [0.05, 0.1) is 5.56 Å². The molecule has 2 amide bonds. The number of anilines is 1. The van der Waals surface area contributed by atoms with E-state index in [1.807, 2.05) is 11.8 Å². The van der Waals surface area contributed by atoms with Gasteiger partial charge in [0.1, 0.15) is 0 Å². The van der Waals surface area contributed by atoms with Crippen molar-refractivity contribution in [2.24, 2.45) is 0 Å². The lowest BCUT2D eigenvalue weighted by Crippen LogP contribution is -2.45. The maximum atomic E-state index is 12.4. The fourth-order valence-corrected chi connectivity index (χ4v) is 3.95. The molecule has 0 bridgehead atoms. The molecule has 5 nitrogen and oxygen atoms in total. The van der Waals surface area contributed by atoms with Crippen LogP contribution in [0.5, 0.6) is 0 Å². The second kappa shape index (κ2) is 5.97. The van der Waals surface area contributed by atoms with Gasteiger partial charge in [-0.3, -0.25) is 4.90 Å². The Morgan fingerprint density at radius 2 is 2.05 bits per heavy atom. The highest BCUT2D eigenvalue weighted by molar-refractivity contribution is 7.99. The first-order valence-electron chi connectivity index (χ1n) is 7.17. The van der Waals surface area contributed by atoms with E-state index in [2.05, 4.69) is 5.32 Å². The van der Waals surface area contributed by atoms with Crippen LogP contribution in [0.2, 0.25) is 0 Å². The van der Waals surface area contributed by atoms with E-state index in [4.69, 9.17) is 5.11 Å². The number of hydrogen-bond acceptors (Lipinski definition) is 3. The number of carboxylic acid groups (broad SMARTS) is 1. The van der Waals surface area contributed by atoms with E-state index in [0.29, 0.717) is 13.0 Å². The van der Waals surface area contributed by atoms with Crippen molar-refractivity contribution in [1.82, 2.24) is 5.32 Å². The molecule has 0 saturated carbocycles. The molecule has 1 aromatic rings. The molecule has 0 spiro atoms. The van der Waals surface area contributed by atoms with Gasteiger partial charge in [-0.05, 0) is 54.5 Å². The van der Waals surface area contributed by atoms with Gasteiger partial charge in [0.2, 0.25) is 0 Å². The molecule has 2 aliphatic rings. The van der Waals surface area contributed by atoms with E-state index in [-0.39, 0.29) is 17.6 Å². The number of thioether (sulfide) groups is 1. The summed E-state index contributed by atoms with van der Waals surface area (Å²) in [5, 5.41) is 12.1. The summed E-state index contributed by atoms with van der Waals surface area (Å²) < 4.78 is 0. The number of benzene rings is 1. The smallest absolute Gasteiger partial charge is 0.335 e. The topological polar surface area (TPSA) is 69.6 Å². The average molecular weight is 306 g/mol. The van der Waals surface area contributed by atoms with Gasteiger partial charge in [-0.15, -0.1) is 0 Å². The zero-order valence-corrected chi connectivity index (χ0v) is 12.5. The van der Waals surface area contributed by atoms with Crippen LogP contribution in [0, 0.1) is 0 Å². The van der Waals surface area contributed by atoms with E-state index in [0.717, 1.165) is 35.6 Å². The summed E-state index contributed by atoms with van der Waals surface area (Å²) in [6.07, 6.45) is 2.76. The monoisotopic (exact) mass is 306 g/mol. The third-order valence-corrected chi connectivity index (χ3v) is 5.06. The van der Waals surface area contributed by atoms with E-state index in [9.17, 15) is 9.59 Å². The molecule has 2 heterocycles. The number of nitrogens with one attached hydrogen (secondary N) is 1. The zero-order chi connectivity index (χ0) is 14.8. The molecule has 2 N–H and O–H groups in total. The number of amides is 2. The van der Waals surface area contributed by atoms with Crippen LogP contribution < -0.4 is 10.2 Å². The first kappa shape index (κ1) is 14.3. The number of carbonyl (C=O) groups excluding carboxylic acids is 1. The number of nitrogens with zero attached hydrogens (tertiary/aromatic N) is 1. The number of aromatic carboxylic acids is 1. The van der Waals surface area contributed by atoms with Crippen molar-refractivity contribution in [3.05, 3.63) is 29.3 Å². The third kappa shape index (κ3) is 3.00. The third-order valence-electron chi connectivity index (χ3n) is 4.02. The van der Waals surface area contributed by atoms with Crippen molar-refractivity contribution < 1.29 is 14.7 Å². The number of hydrogen-bond donors (Lipinski definition) is 2. The highest BCUT2D eigenvalue weighted by atomic mass is 32.2. The van der Waals surface area contributed by atoms with Crippen molar-refractivity contribution in [2.45, 2.75) is 25.3 Å². The Kier molecular flexibility index (Phi) is 4.05. The molecule has 112 valence electrons. The Labute approximate surface area is 127 Å². The summed E-state index contributed by atoms with van der Waals surface area (Å²) in [4.78, 5) is 25.1. The molecular weight excluding hydrogens is 288 g/mol. The molecule has 3 rings (SSSR count). The van der Waals surface area contributed by atoms with Gasteiger partial charge in [-0.2, -0.15) is 11.8 Å². The average Bonchev–Trinajstić information content (AvgIpc) is 2.91. The van der Waals surface area contributed by atoms with Crippen molar-refractivity contribution in [1.29, 1.82) is 0 Å². The predicted molar refractivity (Wildman–Crippen MR) is 83.3 cm³/mol. The second-order valence-electron chi connectivity index (χ2n) is 5.39. The predicted octanol–water partition coefficient (Wildman–Crippen LogP) is 2.35. The molecule has 6 heteroatoms. The molecule has 0 atom stereocenters. The van der Waals surface area contributed by atoms with Gasteiger partial charge in [-0.25, -0.2) is 9.59 Å². The van der Waals surface area contributed by atoms with Crippen molar-refractivity contribution in [2.75, 3.05) is 23.0 Å². The van der Waals surface area contributed by atoms with Crippen molar-refractivity contribution in [3.63, 3.8) is 0 Å². The fourth-order valence-electron chi connectivity index (χ4n) is 2.84. The maximum Gasteiger partial charge on any atom is 0.335 e.